The Balaban J connectivity index is 2.61. The van der Waals surface area contributed by atoms with E-state index < -0.39 is 31.2 Å². The quantitative estimate of drug-likeness (QED) is 0.626. The molecule has 15 heavy (non-hydrogen) atoms. The molecule has 0 aromatic rings. The topological polar surface area (TPSA) is 29.5 Å². The summed E-state index contributed by atoms with van der Waals surface area (Å²) >= 11 is 3.13. The van der Waals surface area contributed by atoms with E-state index in [0.29, 0.717) is 6.42 Å². The molecule has 1 N–H and O–H groups in total. The van der Waals surface area contributed by atoms with Gasteiger partial charge in [0.25, 0.3) is 0 Å². The normalized spacial score (nSPS) is 38.0. The summed E-state index contributed by atoms with van der Waals surface area (Å²) in [5.41, 5.74) is 0. The van der Waals surface area contributed by atoms with Gasteiger partial charge in [-0.2, -0.15) is 0 Å². The van der Waals surface area contributed by atoms with Gasteiger partial charge in [0.2, 0.25) is 0 Å². The van der Waals surface area contributed by atoms with E-state index >= 15 is 0 Å². The summed E-state index contributed by atoms with van der Waals surface area (Å²) in [7, 11) is 0. The van der Waals surface area contributed by atoms with Crippen LogP contribution < -0.4 is 0 Å². The average molecular weight is 295 g/mol. The minimum atomic E-state index is -4.83. The first-order valence-corrected chi connectivity index (χ1v) is 5.40. The van der Waals surface area contributed by atoms with E-state index in [1.165, 1.54) is 0 Å². The smallest absolute Gasteiger partial charge is 0.396 e. The van der Waals surface area contributed by atoms with Crippen LogP contribution in [0.25, 0.3) is 0 Å². The average Bonchev–Trinajstić information content (AvgIpc) is 2.09. The van der Waals surface area contributed by atoms with Crippen LogP contribution >= 0.6 is 15.9 Å². The Bertz CT molecular complexity index is 211. The summed E-state index contributed by atoms with van der Waals surface area (Å²) in [6, 6.07) is 0. The summed E-state index contributed by atoms with van der Waals surface area (Å²) in [5.74, 6) is -0.842. The van der Waals surface area contributed by atoms with E-state index in [4.69, 9.17) is 5.11 Å². The molecular weight excluding hydrogens is 284 g/mol. The minimum absolute atomic E-state index is 0.00685. The molecule has 0 spiro atoms. The highest BCUT2D eigenvalue weighted by molar-refractivity contribution is 9.09. The van der Waals surface area contributed by atoms with Gasteiger partial charge in [0.05, 0.1) is 6.10 Å². The Kier molecular flexibility index (Phi) is 4.37. The first-order valence-electron chi connectivity index (χ1n) is 4.48. The SMILES string of the molecule is OCC1C(Br)CCC(OC(F)(F)F)C1F. The third-order valence-electron chi connectivity index (χ3n) is 2.45. The van der Waals surface area contributed by atoms with Crippen LogP contribution in [0.4, 0.5) is 17.6 Å². The highest BCUT2D eigenvalue weighted by Gasteiger charge is 2.44. The zero-order valence-electron chi connectivity index (χ0n) is 7.68. The van der Waals surface area contributed by atoms with Gasteiger partial charge in [0, 0.05) is 17.4 Å². The molecule has 1 saturated carbocycles. The van der Waals surface area contributed by atoms with Crippen molar-refractivity contribution < 1.29 is 27.4 Å². The second kappa shape index (κ2) is 4.97. The largest absolute Gasteiger partial charge is 0.522 e. The molecule has 1 aliphatic carbocycles. The molecule has 1 fully saturated rings. The predicted octanol–water partition coefficient (Wildman–Crippen LogP) is 2.40. The zero-order valence-corrected chi connectivity index (χ0v) is 9.26. The molecule has 1 rings (SSSR count). The van der Waals surface area contributed by atoms with E-state index in [2.05, 4.69) is 20.7 Å². The second-order valence-electron chi connectivity index (χ2n) is 3.49. The Morgan fingerprint density at radius 1 is 1.33 bits per heavy atom. The molecule has 1 aliphatic rings. The van der Waals surface area contributed by atoms with Gasteiger partial charge in [0.1, 0.15) is 6.17 Å². The number of hydrogen-bond acceptors (Lipinski definition) is 2. The van der Waals surface area contributed by atoms with Crippen molar-refractivity contribution in [1.82, 2.24) is 0 Å². The zero-order chi connectivity index (χ0) is 11.6. The van der Waals surface area contributed by atoms with Crippen molar-refractivity contribution in [3.8, 4) is 0 Å². The molecule has 0 saturated heterocycles. The lowest BCUT2D eigenvalue weighted by Gasteiger charge is -2.35. The monoisotopic (exact) mass is 294 g/mol. The summed E-state index contributed by atoms with van der Waals surface area (Å²) < 4.78 is 52.8. The number of halogens is 5. The first-order chi connectivity index (χ1) is 6.85. The van der Waals surface area contributed by atoms with Crippen molar-refractivity contribution >= 4 is 15.9 Å². The maximum atomic E-state index is 13.5. The first kappa shape index (κ1) is 13.2. The molecule has 0 amide bonds. The van der Waals surface area contributed by atoms with Crippen LogP contribution in [0.15, 0.2) is 0 Å². The van der Waals surface area contributed by atoms with Crippen molar-refractivity contribution in [2.75, 3.05) is 6.61 Å². The molecule has 0 heterocycles. The van der Waals surface area contributed by atoms with E-state index in [0.717, 1.165) is 0 Å². The molecular formula is C8H11BrF4O2. The maximum Gasteiger partial charge on any atom is 0.522 e. The van der Waals surface area contributed by atoms with Crippen LogP contribution in [-0.4, -0.2) is 35.2 Å². The van der Waals surface area contributed by atoms with Gasteiger partial charge < -0.3 is 5.11 Å². The van der Waals surface area contributed by atoms with Gasteiger partial charge in [-0.25, -0.2) is 4.39 Å². The van der Waals surface area contributed by atoms with Gasteiger partial charge in [-0.1, -0.05) is 15.9 Å². The van der Waals surface area contributed by atoms with Crippen molar-refractivity contribution in [2.45, 2.75) is 36.3 Å². The van der Waals surface area contributed by atoms with Gasteiger partial charge >= 0.3 is 6.36 Å². The van der Waals surface area contributed by atoms with Crippen LogP contribution in [0.5, 0.6) is 0 Å². The van der Waals surface area contributed by atoms with Crippen LogP contribution in [-0.2, 0) is 4.74 Å². The number of hydrogen-bond donors (Lipinski definition) is 1. The van der Waals surface area contributed by atoms with Gasteiger partial charge in [0.15, 0.2) is 0 Å². The molecule has 2 nitrogen and oxygen atoms in total. The molecule has 90 valence electrons. The standard InChI is InChI=1S/C8H11BrF4O2/c9-5-1-2-6(15-8(11,12)13)7(10)4(5)3-14/h4-7,14H,1-3H2. The fraction of sp³-hybridized carbons (Fsp3) is 1.00. The predicted molar refractivity (Wildman–Crippen MR) is 48.3 cm³/mol. The minimum Gasteiger partial charge on any atom is -0.396 e. The van der Waals surface area contributed by atoms with Crippen molar-refractivity contribution in [3.05, 3.63) is 0 Å². The number of ether oxygens (including phenoxy) is 1. The lowest BCUT2D eigenvalue weighted by atomic mass is 9.86. The molecule has 0 aliphatic heterocycles. The molecule has 4 atom stereocenters. The van der Waals surface area contributed by atoms with Gasteiger partial charge in [-0.15, -0.1) is 13.2 Å². The van der Waals surface area contributed by atoms with E-state index in [1.54, 1.807) is 0 Å². The third-order valence-corrected chi connectivity index (χ3v) is 3.59. The number of aliphatic hydroxyl groups is 1. The summed E-state index contributed by atoms with van der Waals surface area (Å²) in [6.07, 6.45) is -7.78. The highest BCUT2D eigenvalue weighted by Crippen LogP contribution is 2.36. The van der Waals surface area contributed by atoms with Crippen LogP contribution in [0.2, 0.25) is 0 Å². The van der Waals surface area contributed by atoms with E-state index in [9.17, 15) is 17.6 Å². The fourth-order valence-corrected chi connectivity index (χ4v) is 2.41. The lowest BCUT2D eigenvalue weighted by molar-refractivity contribution is -0.353. The highest BCUT2D eigenvalue weighted by atomic mass is 79.9. The van der Waals surface area contributed by atoms with Gasteiger partial charge in [-0.3, -0.25) is 4.74 Å². The summed E-state index contributed by atoms with van der Waals surface area (Å²) in [5, 5.41) is 8.84. The third kappa shape index (κ3) is 3.57. The molecule has 7 heteroatoms. The molecule has 4 unspecified atom stereocenters. The molecule has 0 bridgehead atoms. The Morgan fingerprint density at radius 3 is 2.40 bits per heavy atom. The van der Waals surface area contributed by atoms with Crippen LogP contribution in [0.1, 0.15) is 12.8 Å². The number of aliphatic hydroxyl groups excluding tert-OH is 1. The second-order valence-corrected chi connectivity index (χ2v) is 4.66. The fourth-order valence-electron chi connectivity index (χ4n) is 1.68. The number of alkyl halides is 5. The molecule has 0 aromatic heterocycles. The Hall–Kier alpha value is 0.120. The Labute approximate surface area is 92.7 Å². The Morgan fingerprint density at radius 2 is 1.93 bits per heavy atom. The maximum absolute atomic E-state index is 13.5. The van der Waals surface area contributed by atoms with Crippen molar-refractivity contribution in [1.29, 1.82) is 0 Å². The molecule has 0 aromatic carbocycles. The summed E-state index contributed by atoms with van der Waals surface area (Å²) in [4.78, 5) is -0.300. The summed E-state index contributed by atoms with van der Waals surface area (Å²) in [6.45, 7) is -0.491. The lowest BCUT2D eigenvalue weighted by Crippen LogP contribution is -2.45. The van der Waals surface area contributed by atoms with E-state index in [-0.39, 0.29) is 11.2 Å². The van der Waals surface area contributed by atoms with Gasteiger partial charge in [-0.05, 0) is 12.8 Å². The van der Waals surface area contributed by atoms with E-state index in [1.807, 2.05) is 0 Å². The van der Waals surface area contributed by atoms with Crippen molar-refractivity contribution in [2.24, 2.45) is 5.92 Å². The van der Waals surface area contributed by atoms with Crippen LogP contribution in [0, 0.1) is 5.92 Å². The molecule has 0 radical (unpaired) electrons. The van der Waals surface area contributed by atoms with Crippen LogP contribution in [0.3, 0.4) is 0 Å². The number of rotatable bonds is 2. The van der Waals surface area contributed by atoms with Crippen molar-refractivity contribution in [3.63, 3.8) is 0 Å².